The zero-order valence-electron chi connectivity index (χ0n) is 9.60. The highest BCUT2D eigenvalue weighted by Crippen LogP contribution is 2.20. The first kappa shape index (κ1) is 11.8. The maximum absolute atomic E-state index is 10.8. The van der Waals surface area contributed by atoms with E-state index in [1.807, 2.05) is 20.8 Å². The lowest BCUT2D eigenvalue weighted by molar-refractivity contribution is 0.0690. The van der Waals surface area contributed by atoms with Crippen molar-refractivity contribution in [2.75, 3.05) is 0 Å². The molecule has 0 saturated carbocycles. The van der Waals surface area contributed by atoms with Crippen LogP contribution in [0.4, 0.5) is 0 Å². The summed E-state index contributed by atoms with van der Waals surface area (Å²) < 4.78 is 1.33. The summed E-state index contributed by atoms with van der Waals surface area (Å²) in [6, 6.07) is 1.25. The summed E-state index contributed by atoms with van der Waals surface area (Å²) in [6.07, 6.45) is 0. The minimum absolute atomic E-state index is 0.143. The van der Waals surface area contributed by atoms with Crippen molar-refractivity contribution >= 4 is 23.3 Å². The summed E-state index contributed by atoms with van der Waals surface area (Å²) in [5.74, 6) is -0.385. The van der Waals surface area contributed by atoms with Gasteiger partial charge >= 0.3 is 5.97 Å². The van der Waals surface area contributed by atoms with Gasteiger partial charge in [0.1, 0.15) is 5.15 Å². The second-order valence-corrected chi connectivity index (χ2v) is 5.05. The number of hydrogen-bond donors (Lipinski definition) is 1. The molecule has 2 heterocycles. The van der Waals surface area contributed by atoms with E-state index in [1.165, 1.54) is 10.6 Å². The first-order valence-corrected chi connectivity index (χ1v) is 5.34. The number of carboxylic acids is 1. The third kappa shape index (κ3) is 2.08. The number of fused-ring (bicyclic) bond motifs is 1. The minimum Gasteiger partial charge on any atom is -0.477 e. The molecule has 0 aliphatic carbocycles. The van der Waals surface area contributed by atoms with E-state index in [0.717, 1.165) is 0 Å². The van der Waals surface area contributed by atoms with Gasteiger partial charge in [0.05, 0.1) is 0 Å². The van der Waals surface area contributed by atoms with Crippen molar-refractivity contribution in [2.45, 2.75) is 26.2 Å². The topological polar surface area (TPSA) is 80.4 Å². The molecule has 6 nitrogen and oxygen atoms in total. The molecule has 0 radical (unpaired) electrons. The summed E-state index contributed by atoms with van der Waals surface area (Å²) >= 11 is 5.93. The standard InChI is InChI=1S/C10H11ClN4O2/c1-10(2,3)8-13-9-12-5(7(16)17)4-6(11)15(9)14-8/h4H,1-3H3,(H,16,17). The number of aromatic nitrogens is 4. The van der Waals surface area contributed by atoms with Crippen LogP contribution in [0.25, 0.3) is 5.78 Å². The Balaban J connectivity index is 2.69. The van der Waals surface area contributed by atoms with E-state index in [0.29, 0.717) is 5.82 Å². The van der Waals surface area contributed by atoms with Crippen molar-refractivity contribution in [3.8, 4) is 0 Å². The molecule has 1 N–H and O–H groups in total. The fourth-order valence-electron chi connectivity index (χ4n) is 1.26. The zero-order valence-corrected chi connectivity index (χ0v) is 10.4. The van der Waals surface area contributed by atoms with Crippen LogP contribution in [0.1, 0.15) is 37.1 Å². The molecular weight excluding hydrogens is 244 g/mol. The Bertz CT molecular complexity index is 600. The molecule has 0 spiro atoms. The Labute approximate surface area is 102 Å². The molecule has 0 bridgehead atoms. The van der Waals surface area contributed by atoms with Gasteiger partial charge in [-0.05, 0) is 0 Å². The average molecular weight is 255 g/mol. The molecule has 2 aromatic rings. The summed E-state index contributed by atoms with van der Waals surface area (Å²) in [5.41, 5.74) is -0.393. The molecule has 0 amide bonds. The molecule has 7 heteroatoms. The van der Waals surface area contributed by atoms with Gasteiger partial charge < -0.3 is 5.11 Å². The van der Waals surface area contributed by atoms with Crippen LogP contribution in [-0.4, -0.2) is 30.7 Å². The van der Waals surface area contributed by atoms with Gasteiger partial charge in [-0.3, -0.25) is 0 Å². The van der Waals surface area contributed by atoms with Gasteiger partial charge in [0, 0.05) is 11.5 Å². The van der Waals surface area contributed by atoms with Gasteiger partial charge in [0.15, 0.2) is 11.5 Å². The quantitative estimate of drug-likeness (QED) is 0.785. The SMILES string of the molecule is CC(C)(C)c1nc2nc(C(=O)O)cc(Cl)n2n1. The fourth-order valence-corrected chi connectivity index (χ4v) is 1.48. The molecule has 0 atom stereocenters. The van der Waals surface area contributed by atoms with Gasteiger partial charge in [-0.1, -0.05) is 32.4 Å². The summed E-state index contributed by atoms with van der Waals surface area (Å²) in [6.45, 7) is 5.86. The fraction of sp³-hybridized carbons (Fsp3) is 0.400. The molecule has 2 aromatic heterocycles. The number of halogens is 1. The van der Waals surface area contributed by atoms with Crippen molar-refractivity contribution in [1.82, 2.24) is 19.6 Å². The van der Waals surface area contributed by atoms with Crippen LogP contribution >= 0.6 is 11.6 Å². The van der Waals surface area contributed by atoms with Crippen LogP contribution < -0.4 is 0 Å². The zero-order chi connectivity index (χ0) is 12.8. The number of rotatable bonds is 1. The first-order chi connectivity index (χ1) is 7.79. The minimum atomic E-state index is -1.14. The van der Waals surface area contributed by atoms with E-state index in [2.05, 4.69) is 15.1 Å². The third-order valence-electron chi connectivity index (χ3n) is 2.16. The van der Waals surface area contributed by atoms with E-state index < -0.39 is 5.97 Å². The highest BCUT2D eigenvalue weighted by atomic mass is 35.5. The third-order valence-corrected chi connectivity index (χ3v) is 2.43. The van der Waals surface area contributed by atoms with E-state index >= 15 is 0 Å². The number of carboxylic acid groups (broad SMARTS) is 1. The lowest BCUT2D eigenvalue weighted by atomic mass is 9.96. The number of aromatic carboxylic acids is 1. The monoisotopic (exact) mass is 254 g/mol. The molecule has 0 aliphatic rings. The summed E-state index contributed by atoms with van der Waals surface area (Å²) in [5, 5.41) is 13.2. The van der Waals surface area contributed by atoms with Crippen molar-refractivity contribution in [2.24, 2.45) is 0 Å². The lowest BCUT2D eigenvalue weighted by Gasteiger charge is -2.11. The molecule has 0 unspecified atom stereocenters. The van der Waals surface area contributed by atoms with Crippen molar-refractivity contribution in [1.29, 1.82) is 0 Å². The number of carbonyl (C=O) groups is 1. The van der Waals surface area contributed by atoms with E-state index in [-0.39, 0.29) is 22.0 Å². The number of hydrogen-bond acceptors (Lipinski definition) is 4. The smallest absolute Gasteiger partial charge is 0.354 e. The molecule has 0 fully saturated rings. The maximum Gasteiger partial charge on any atom is 0.354 e. The molecule has 17 heavy (non-hydrogen) atoms. The van der Waals surface area contributed by atoms with Gasteiger partial charge in [-0.2, -0.15) is 9.50 Å². The van der Waals surface area contributed by atoms with Gasteiger partial charge in [0.25, 0.3) is 5.78 Å². The molecule has 0 aliphatic heterocycles. The predicted octanol–water partition coefficient (Wildman–Crippen LogP) is 1.77. The average Bonchev–Trinajstić information content (AvgIpc) is 2.60. The largest absolute Gasteiger partial charge is 0.477 e. The Morgan fingerprint density at radius 1 is 1.41 bits per heavy atom. The van der Waals surface area contributed by atoms with Crippen molar-refractivity contribution in [3.05, 3.63) is 22.7 Å². The highest BCUT2D eigenvalue weighted by Gasteiger charge is 2.22. The molecule has 0 aromatic carbocycles. The highest BCUT2D eigenvalue weighted by molar-refractivity contribution is 6.30. The molecule has 90 valence electrons. The van der Waals surface area contributed by atoms with E-state index in [1.54, 1.807) is 0 Å². The number of nitrogens with zero attached hydrogens (tertiary/aromatic N) is 4. The van der Waals surface area contributed by atoms with Gasteiger partial charge in [0.2, 0.25) is 0 Å². The van der Waals surface area contributed by atoms with Crippen LogP contribution in [-0.2, 0) is 5.41 Å². The second-order valence-electron chi connectivity index (χ2n) is 4.67. The Morgan fingerprint density at radius 3 is 2.59 bits per heavy atom. The van der Waals surface area contributed by atoms with Gasteiger partial charge in [-0.15, -0.1) is 5.10 Å². The van der Waals surface area contributed by atoms with Crippen molar-refractivity contribution < 1.29 is 9.90 Å². The van der Waals surface area contributed by atoms with Crippen LogP contribution in [0.5, 0.6) is 0 Å². The van der Waals surface area contributed by atoms with Gasteiger partial charge in [-0.25, -0.2) is 9.78 Å². The summed E-state index contributed by atoms with van der Waals surface area (Å²) in [7, 11) is 0. The predicted molar refractivity (Wildman–Crippen MR) is 61.5 cm³/mol. The van der Waals surface area contributed by atoms with Crippen LogP contribution in [0.3, 0.4) is 0 Å². The Kier molecular flexibility index (Phi) is 2.54. The van der Waals surface area contributed by atoms with E-state index in [4.69, 9.17) is 16.7 Å². The normalized spacial score (nSPS) is 12.0. The van der Waals surface area contributed by atoms with E-state index in [9.17, 15) is 4.79 Å². The van der Waals surface area contributed by atoms with Crippen LogP contribution in [0.2, 0.25) is 5.15 Å². The van der Waals surface area contributed by atoms with Crippen LogP contribution in [0, 0.1) is 0 Å². The molecule has 2 rings (SSSR count). The maximum atomic E-state index is 10.8. The lowest BCUT2D eigenvalue weighted by Crippen LogP contribution is -2.13. The second kappa shape index (κ2) is 3.66. The molecular formula is C10H11ClN4O2. The Hall–Kier alpha value is -1.69. The Morgan fingerprint density at radius 2 is 2.06 bits per heavy atom. The van der Waals surface area contributed by atoms with Crippen LogP contribution in [0.15, 0.2) is 6.07 Å². The summed E-state index contributed by atoms with van der Waals surface area (Å²) in [4.78, 5) is 18.9. The first-order valence-electron chi connectivity index (χ1n) is 4.96. The van der Waals surface area contributed by atoms with Crippen molar-refractivity contribution in [3.63, 3.8) is 0 Å². The molecule has 0 saturated heterocycles.